The van der Waals surface area contributed by atoms with Crippen molar-refractivity contribution in [3.63, 3.8) is 0 Å². The standard InChI is InChI=1S/C27H32O4/c28-27(29)25-14-13-24-20-26(16-15-23(24)19-25)31-18-10-5-3-1-2-4-9-17-30-21-22-11-7-6-8-12-22/h6-8,11-16,19-20H,1-5,9-10,17-18,21H2,(H,28,29). The molecule has 0 radical (unpaired) electrons. The molecule has 0 aliphatic carbocycles. The fraction of sp³-hybridized carbons (Fsp3) is 0.370. The molecule has 0 amide bonds. The van der Waals surface area contributed by atoms with Crippen LogP contribution in [0.1, 0.15) is 60.9 Å². The van der Waals surface area contributed by atoms with Crippen LogP contribution in [0.15, 0.2) is 66.7 Å². The maximum Gasteiger partial charge on any atom is 0.335 e. The summed E-state index contributed by atoms with van der Waals surface area (Å²) in [5, 5.41) is 11.0. The van der Waals surface area contributed by atoms with E-state index in [-0.39, 0.29) is 0 Å². The van der Waals surface area contributed by atoms with Gasteiger partial charge in [0.05, 0.1) is 18.8 Å². The van der Waals surface area contributed by atoms with E-state index < -0.39 is 5.97 Å². The number of carbonyl (C=O) groups is 1. The highest BCUT2D eigenvalue weighted by Crippen LogP contribution is 2.22. The molecule has 4 nitrogen and oxygen atoms in total. The summed E-state index contributed by atoms with van der Waals surface area (Å²) in [5.74, 6) is -0.0651. The van der Waals surface area contributed by atoms with Crippen molar-refractivity contribution >= 4 is 16.7 Å². The molecule has 0 bridgehead atoms. The highest BCUT2D eigenvalue weighted by atomic mass is 16.5. The Kier molecular flexibility index (Phi) is 9.39. The molecule has 0 aromatic heterocycles. The van der Waals surface area contributed by atoms with Gasteiger partial charge >= 0.3 is 5.97 Å². The molecule has 3 aromatic rings. The zero-order valence-corrected chi connectivity index (χ0v) is 18.1. The van der Waals surface area contributed by atoms with Gasteiger partial charge in [0, 0.05) is 6.61 Å². The zero-order valence-electron chi connectivity index (χ0n) is 18.1. The molecular formula is C27H32O4. The molecule has 0 heterocycles. The van der Waals surface area contributed by atoms with Crippen LogP contribution in [0.4, 0.5) is 0 Å². The Morgan fingerprint density at radius 1 is 0.710 bits per heavy atom. The van der Waals surface area contributed by atoms with Crippen molar-refractivity contribution in [2.45, 2.75) is 51.6 Å². The van der Waals surface area contributed by atoms with Crippen molar-refractivity contribution in [3.8, 4) is 5.75 Å². The van der Waals surface area contributed by atoms with Crippen molar-refractivity contribution in [1.82, 2.24) is 0 Å². The molecule has 31 heavy (non-hydrogen) atoms. The van der Waals surface area contributed by atoms with Gasteiger partial charge in [-0.2, -0.15) is 0 Å². The van der Waals surface area contributed by atoms with Crippen LogP contribution in [0.25, 0.3) is 10.8 Å². The minimum Gasteiger partial charge on any atom is -0.494 e. The lowest BCUT2D eigenvalue weighted by atomic mass is 10.1. The Morgan fingerprint density at radius 2 is 1.35 bits per heavy atom. The summed E-state index contributed by atoms with van der Waals surface area (Å²) in [6.45, 7) is 2.26. The lowest BCUT2D eigenvalue weighted by Gasteiger charge is -2.08. The minimum absolute atomic E-state index is 0.306. The summed E-state index contributed by atoms with van der Waals surface area (Å²) >= 11 is 0. The first-order valence-corrected chi connectivity index (χ1v) is 11.2. The van der Waals surface area contributed by atoms with E-state index in [1.807, 2.05) is 42.5 Å². The summed E-state index contributed by atoms with van der Waals surface area (Å²) in [4.78, 5) is 11.1. The normalized spacial score (nSPS) is 11.0. The third kappa shape index (κ3) is 8.06. The SMILES string of the molecule is O=C(O)c1ccc2cc(OCCCCCCCCCOCc3ccccc3)ccc2c1. The van der Waals surface area contributed by atoms with E-state index in [0.29, 0.717) is 18.8 Å². The van der Waals surface area contributed by atoms with E-state index in [4.69, 9.17) is 14.6 Å². The van der Waals surface area contributed by atoms with Crippen molar-refractivity contribution in [1.29, 1.82) is 0 Å². The number of carboxylic acids is 1. The number of hydrogen-bond donors (Lipinski definition) is 1. The van der Waals surface area contributed by atoms with Crippen molar-refractivity contribution in [2.24, 2.45) is 0 Å². The number of hydrogen-bond acceptors (Lipinski definition) is 3. The summed E-state index contributed by atoms with van der Waals surface area (Å²) in [7, 11) is 0. The number of carboxylic acid groups (broad SMARTS) is 1. The Labute approximate surface area is 184 Å². The molecule has 3 aromatic carbocycles. The monoisotopic (exact) mass is 420 g/mol. The summed E-state index contributed by atoms with van der Waals surface area (Å²) < 4.78 is 11.6. The highest BCUT2D eigenvalue weighted by molar-refractivity contribution is 5.94. The van der Waals surface area contributed by atoms with Gasteiger partial charge in [-0.25, -0.2) is 4.79 Å². The molecule has 164 valence electrons. The van der Waals surface area contributed by atoms with E-state index in [1.165, 1.54) is 37.7 Å². The van der Waals surface area contributed by atoms with Gasteiger partial charge in [-0.1, -0.05) is 74.6 Å². The minimum atomic E-state index is -0.904. The van der Waals surface area contributed by atoms with Crippen LogP contribution in [0, 0.1) is 0 Å². The van der Waals surface area contributed by atoms with E-state index in [9.17, 15) is 4.79 Å². The topological polar surface area (TPSA) is 55.8 Å². The largest absolute Gasteiger partial charge is 0.494 e. The first-order chi connectivity index (χ1) is 15.2. The van der Waals surface area contributed by atoms with E-state index in [2.05, 4.69) is 12.1 Å². The van der Waals surface area contributed by atoms with Crippen molar-refractivity contribution < 1.29 is 19.4 Å². The number of rotatable bonds is 14. The van der Waals surface area contributed by atoms with Gasteiger partial charge in [-0.3, -0.25) is 0 Å². The highest BCUT2D eigenvalue weighted by Gasteiger charge is 2.04. The number of fused-ring (bicyclic) bond motifs is 1. The van der Waals surface area contributed by atoms with Crippen LogP contribution in [0.5, 0.6) is 5.75 Å². The quantitative estimate of drug-likeness (QED) is 0.289. The summed E-state index contributed by atoms with van der Waals surface area (Å²) in [5.41, 5.74) is 1.54. The fourth-order valence-electron chi connectivity index (χ4n) is 3.59. The summed E-state index contributed by atoms with van der Waals surface area (Å²) in [6.07, 6.45) is 8.36. The number of aromatic carboxylic acids is 1. The van der Waals surface area contributed by atoms with Gasteiger partial charge in [0.2, 0.25) is 0 Å². The molecular weight excluding hydrogens is 388 g/mol. The van der Waals surface area contributed by atoms with E-state index >= 15 is 0 Å². The first kappa shape index (κ1) is 22.8. The Bertz CT molecular complexity index is 936. The third-order valence-corrected chi connectivity index (χ3v) is 5.37. The fourth-order valence-corrected chi connectivity index (χ4v) is 3.59. The second kappa shape index (κ2) is 12.8. The van der Waals surface area contributed by atoms with Gasteiger partial charge in [-0.05, 0) is 53.4 Å². The predicted molar refractivity (Wildman–Crippen MR) is 125 cm³/mol. The summed E-state index contributed by atoms with van der Waals surface area (Å²) in [6, 6.07) is 21.3. The maximum absolute atomic E-state index is 11.1. The molecule has 1 N–H and O–H groups in total. The molecule has 0 saturated heterocycles. The Morgan fingerprint density at radius 3 is 2.10 bits per heavy atom. The first-order valence-electron chi connectivity index (χ1n) is 11.2. The van der Waals surface area contributed by atoms with E-state index in [0.717, 1.165) is 36.0 Å². The molecule has 0 atom stereocenters. The van der Waals surface area contributed by atoms with Crippen LogP contribution in [-0.4, -0.2) is 24.3 Å². The molecule has 0 spiro atoms. The lowest BCUT2D eigenvalue weighted by molar-refractivity contribution is 0.0697. The lowest BCUT2D eigenvalue weighted by Crippen LogP contribution is -1.98. The predicted octanol–water partition coefficient (Wildman–Crippen LogP) is 6.86. The molecule has 0 saturated carbocycles. The molecule has 0 unspecified atom stereocenters. The van der Waals surface area contributed by atoms with Crippen LogP contribution < -0.4 is 4.74 Å². The number of benzene rings is 3. The van der Waals surface area contributed by atoms with Gasteiger partial charge in [0.25, 0.3) is 0 Å². The van der Waals surface area contributed by atoms with Crippen molar-refractivity contribution in [3.05, 3.63) is 77.9 Å². The van der Waals surface area contributed by atoms with Crippen LogP contribution >= 0.6 is 0 Å². The average molecular weight is 421 g/mol. The van der Waals surface area contributed by atoms with Gasteiger partial charge in [0.1, 0.15) is 5.75 Å². The van der Waals surface area contributed by atoms with Gasteiger partial charge < -0.3 is 14.6 Å². The maximum atomic E-state index is 11.1. The number of unbranched alkanes of at least 4 members (excludes halogenated alkanes) is 6. The molecule has 0 aliphatic rings. The number of ether oxygens (including phenoxy) is 2. The van der Waals surface area contributed by atoms with Crippen LogP contribution in [0.2, 0.25) is 0 Å². The second-order valence-electron chi connectivity index (χ2n) is 7.89. The second-order valence-corrected chi connectivity index (χ2v) is 7.89. The van der Waals surface area contributed by atoms with Gasteiger partial charge in [-0.15, -0.1) is 0 Å². The van der Waals surface area contributed by atoms with E-state index in [1.54, 1.807) is 12.1 Å². The van der Waals surface area contributed by atoms with Crippen LogP contribution in [-0.2, 0) is 11.3 Å². The molecule has 0 aliphatic heterocycles. The average Bonchev–Trinajstić information content (AvgIpc) is 2.80. The Hall–Kier alpha value is -2.85. The zero-order chi connectivity index (χ0) is 21.7. The van der Waals surface area contributed by atoms with Gasteiger partial charge in [0.15, 0.2) is 0 Å². The van der Waals surface area contributed by atoms with Crippen molar-refractivity contribution in [2.75, 3.05) is 13.2 Å². The Balaban J connectivity index is 1.19. The van der Waals surface area contributed by atoms with Crippen LogP contribution in [0.3, 0.4) is 0 Å². The molecule has 0 fully saturated rings. The smallest absolute Gasteiger partial charge is 0.335 e. The third-order valence-electron chi connectivity index (χ3n) is 5.37. The molecule has 3 rings (SSSR count). The molecule has 4 heteroatoms.